The quantitative estimate of drug-likeness (QED) is 0.828. The van der Waals surface area contributed by atoms with Crippen molar-refractivity contribution in [2.24, 2.45) is 0 Å². The second-order valence-corrected chi connectivity index (χ2v) is 3.92. The van der Waals surface area contributed by atoms with Crippen LogP contribution >= 0.6 is 0 Å². The first kappa shape index (κ1) is 14.0. The van der Waals surface area contributed by atoms with Crippen LogP contribution in [0.1, 0.15) is 26.7 Å². The summed E-state index contributed by atoms with van der Waals surface area (Å²) in [5.74, 6) is -1.72. The first-order valence-corrected chi connectivity index (χ1v) is 5.71. The lowest BCUT2D eigenvalue weighted by Gasteiger charge is -2.34. The van der Waals surface area contributed by atoms with Crippen LogP contribution in [0.3, 0.4) is 0 Å². The second-order valence-electron chi connectivity index (χ2n) is 3.92. The lowest BCUT2D eigenvalue weighted by molar-refractivity contribution is -0.167. The number of hydrogen-bond acceptors (Lipinski definition) is 3. The van der Waals surface area contributed by atoms with E-state index in [1.165, 1.54) is 6.20 Å². The van der Waals surface area contributed by atoms with E-state index in [-0.39, 0.29) is 18.2 Å². The van der Waals surface area contributed by atoms with Gasteiger partial charge in [0.05, 0.1) is 6.17 Å². The molecule has 6 heteroatoms. The van der Waals surface area contributed by atoms with Crippen LogP contribution < -0.4 is 5.32 Å². The normalized spacial score (nSPS) is 21.4. The SMILES string of the molecule is CCNC1CCC(C(=O)C(F)(F)F)=CN1CC. The third-order valence-electron chi connectivity index (χ3n) is 2.76. The molecule has 1 unspecified atom stereocenters. The van der Waals surface area contributed by atoms with Gasteiger partial charge < -0.3 is 4.90 Å². The van der Waals surface area contributed by atoms with Crippen molar-refractivity contribution >= 4 is 5.78 Å². The van der Waals surface area contributed by atoms with E-state index in [0.29, 0.717) is 13.0 Å². The minimum absolute atomic E-state index is 0.0229. The highest BCUT2D eigenvalue weighted by atomic mass is 19.4. The Morgan fingerprint density at radius 3 is 2.65 bits per heavy atom. The van der Waals surface area contributed by atoms with Crippen molar-refractivity contribution in [1.82, 2.24) is 10.2 Å². The van der Waals surface area contributed by atoms with Crippen molar-refractivity contribution in [3.8, 4) is 0 Å². The number of rotatable bonds is 4. The molecule has 3 nitrogen and oxygen atoms in total. The summed E-state index contributed by atoms with van der Waals surface area (Å²) < 4.78 is 36.9. The predicted molar refractivity (Wildman–Crippen MR) is 58.2 cm³/mol. The molecule has 1 aliphatic rings. The second kappa shape index (κ2) is 5.53. The molecule has 0 bridgehead atoms. The highest BCUT2D eigenvalue weighted by molar-refractivity contribution is 5.99. The van der Waals surface area contributed by atoms with Gasteiger partial charge in [-0.3, -0.25) is 10.1 Å². The number of hydrogen-bond donors (Lipinski definition) is 1. The minimum Gasteiger partial charge on any atom is -0.362 e. The summed E-state index contributed by atoms with van der Waals surface area (Å²) in [6, 6.07) is 0. The maximum atomic E-state index is 12.3. The Bertz CT molecular complexity index is 312. The molecule has 0 aromatic carbocycles. The van der Waals surface area contributed by atoms with E-state index in [0.717, 1.165) is 6.54 Å². The van der Waals surface area contributed by atoms with Crippen molar-refractivity contribution in [1.29, 1.82) is 0 Å². The number of carbonyl (C=O) groups excluding carboxylic acids is 1. The molecule has 0 aliphatic carbocycles. The number of Topliss-reactive ketones (excluding diaryl/α,β-unsaturated/α-hetero) is 1. The third kappa shape index (κ3) is 3.46. The maximum absolute atomic E-state index is 12.3. The van der Waals surface area contributed by atoms with Crippen LogP contribution in [0, 0.1) is 0 Å². The van der Waals surface area contributed by atoms with Crippen molar-refractivity contribution in [3.05, 3.63) is 11.8 Å². The molecule has 17 heavy (non-hydrogen) atoms. The summed E-state index contributed by atoms with van der Waals surface area (Å²) in [6.07, 6.45) is -2.71. The number of nitrogens with zero attached hydrogens (tertiary/aromatic N) is 1. The molecule has 1 N–H and O–H groups in total. The average Bonchev–Trinajstić information content (AvgIpc) is 2.28. The van der Waals surface area contributed by atoms with Crippen LogP contribution in [0.15, 0.2) is 11.8 Å². The van der Waals surface area contributed by atoms with E-state index in [4.69, 9.17) is 0 Å². The van der Waals surface area contributed by atoms with E-state index in [9.17, 15) is 18.0 Å². The first-order chi connectivity index (χ1) is 7.90. The predicted octanol–water partition coefficient (Wildman–Crippen LogP) is 2.05. The lowest BCUT2D eigenvalue weighted by Crippen LogP contribution is -2.45. The molecular weight excluding hydrogens is 233 g/mol. The topological polar surface area (TPSA) is 32.3 Å². The Labute approximate surface area is 98.7 Å². The van der Waals surface area contributed by atoms with Gasteiger partial charge in [-0.25, -0.2) is 0 Å². The van der Waals surface area contributed by atoms with Crippen molar-refractivity contribution in [2.75, 3.05) is 13.1 Å². The summed E-state index contributed by atoms with van der Waals surface area (Å²) in [4.78, 5) is 12.8. The van der Waals surface area contributed by atoms with Gasteiger partial charge in [0, 0.05) is 18.3 Å². The molecular formula is C11H17F3N2O. The fourth-order valence-corrected chi connectivity index (χ4v) is 1.93. The number of alkyl halides is 3. The molecule has 0 amide bonds. The van der Waals surface area contributed by atoms with Gasteiger partial charge in [0.25, 0.3) is 5.78 Å². The van der Waals surface area contributed by atoms with Crippen LogP contribution in [-0.4, -0.2) is 36.1 Å². The Morgan fingerprint density at radius 2 is 2.18 bits per heavy atom. The molecule has 0 fully saturated rings. The fourth-order valence-electron chi connectivity index (χ4n) is 1.93. The standard InChI is InChI=1S/C11H17F3N2O/c1-3-15-9-6-5-8(7-16(9)4-2)10(17)11(12,13)14/h7,9,15H,3-6H2,1-2H3. The minimum atomic E-state index is -4.77. The van der Waals surface area contributed by atoms with Gasteiger partial charge in [0.2, 0.25) is 0 Å². The first-order valence-electron chi connectivity index (χ1n) is 5.71. The molecule has 1 heterocycles. The number of halogens is 3. The Hall–Kier alpha value is -1.04. The zero-order valence-corrected chi connectivity index (χ0v) is 9.97. The Morgan fingerprint density at radius 1 is 1.53 bits per heavy atom. The van der Waals surface area contributed by atoms with Gasteiger partial charge in [-0.2, -0.15) is 13.2 Å². The number of allylic oxidation sites excluding steroid dienone is 1. The van der Waals surface area contributed by atoms with E-state index < -0.39 is 12.0 Å². The number of carbonyl (C=O) groups is 1. The lowest BCUT2D eigenvalue weighted by atomic mass is 10.0. The van der Waals surface area contributed by atoms with Crippen molar-refractivity contribution in [2.45, 2.75) is 39.0 Å². The van der Waals surface area contributed by atoms with E-state index in [2.05, 4.69) is 5.32 Å². The number of ketones is 1. The van der Waals surface area contributed by atoms with E-state index in [1.807, 2.05) is 13.8 Å². The molecule has 0 aromatic heterocycles. The van der Waals surface area contributed by atoms with Gasteiger partial charge in [0.15, 0.2) is 0 Å². The smallest absolute Gasteiger partial charge is 0.362 e. The van der Waals surface area contributed by atoms with Gasteiger partial charge in [-0.05, 0) is 26.3 Å². The maximum Gasteiger partial charge on any atom is 0.454 e. The monoisotopic (exact) mass is 250 g/mol. The largest absolute Gasteiger partial charge is 0.454 e. The van der Waals surface area contributed by atoms with Crippen molar-refractivity contribution in [3.63, 3.8) is 0 Å². The Kier molecular flexibility index (Phi) is 4.56. The van der Waals surface area contributed by atoms with Crippen LogP contribution in [0.2, 0.25) is 0 Å². The zero-order valence-electron chi connectivity index (χ0n) is 9.97. The van der Waals surface area contributed by atoms with Gasteiger partial charge in [0.1, 0.15) is 0 Å². The highest BCUT2D eigenvalue weighted by Crippen LogP contribution is 2.27. The average molecular weight is 250 g/mol. The molecule has 1 rings (SSSR count). The fraction of sp³-hybridized carbons (Fsp3) is 0.727. The van der Waals surface area contributed by atoms with Crippen LogP contribution in [0.25, 0.3) is 0 Å². The summed E-state index contributed by atoms with van der Waals surface area (Å²) in [6.45, 7) is 5.11. The molecule has 0 saturated heterocycles. The highest BCUT2D eigenvalue weighted by Gasteiger charge is 2.41. The summed E-state index contributed by atoms with van der Waals surface area (Å²) in [5, 5.41) is 3.17. The summed E-state index contributed by atoms with van der Waals surface area (Å²) in [5.41, 5.74) is -0.145. The summed E-state index contributed by atoms with van der Waals surface area (Å²) in [7, 11) is 0. The number of nitrogens with one attached hydrogen (secondary N) is 1. The van der Waals surface area contributed by atoms with Crippen LogP contribution in [0.4, 0.5) is 13.2 Å². The third-order valence-corrected chi connectivity index (χ3v) is 2.76. The van der Waals surface area contributed by atoms with Crippen LogP contribution in [0.5, 0.6) is 0 Å². The van der Waals surface area contributed by atoms with Gasteiger partial charge in [-0.15, -0.1) is 0 Å². The zero-order chi connectivity index (χ0) is 13.1. The molecule has 0 saturated carbocycles. The molecule has 98 valence electrons. The summed E-state index contributed by atoms with van der Waals surface area (Å²) >= 11 is 0. The molecule has 0 spiro atoms. The van der Waals surface area contributed by atoms with E-state index in [1.54, 1.807) is 4.90 Å². The Balaban J connectivity index is 2.81. The van der Waals surface area contributed by atoms with Crippen LogP contribution in [-0.2, 0) is 4.79 Å². The molecule has 1 aliphatic heterocycles. The molecule has 0 aromatic rings. The van der Waals surface area contributed by atoms with Crippen molar-refractivity contribution < 1.29 is 18.0 Å². The van der Waals surface area contributed by atoms with Gasteiger partial charge in [-0.1, -0.05) is 6.92 Å². The molecule has 0 radical (unpaired) electrons. The molecule has 1 atom stereocenters. The van der Waals surface area contributed by atoms with E-state index >= 15 is 0 Å². The van der Waals surface area contributed by atoms with Gasteiger partial charge >= 0.3 is 6.18 Å².